The molecule has 0 rings (SSSR count). The lowest BCUT2D eigenvalue weighted by Crippen LogP contribution is -2.04. The van der Waals surface area contributed by atoms with Crippen molar-refractivity contribution in [2.24, 2.45) is 0 Å². The summed E-state index contributed by atoms with van der Waals surface area (Å²) in [7, 11) is 0. The number of ether oxygens (including phenoxy) is 1. The largest absolute Gasteiger partial charge is 0.466 e. The molecule has 0 saturated carbocycles. The molecule has 0 heterocycles. The van der Waals surface area contributed by atoms with Crippen LogP contribution >= 0.6 is 0 Å². The molecule has 0 atom stereocenters. The third-order valence-electron chi connectivity index (χ3n) is 6.49. The summed E-state index contributed by atoms with van der Waals surface area (Å²) < 4.78 is 5.35. The summed E-state index contributed by atoms with van der Waals surface area (Å²) in [5.74, 6) is -0.109. The Balaban J connectivity index is 3.61. The second-order valence-electron chi connectivity index (χ2n) is 10.7. The fourth-order valence-electron chi connectivity index (χ4n) is 3.94. The van der Waals surface area contributed by atoms with E-state index in [-0.39, 0.29) is 5.97 Å². The fraction of sp³-hybridized carbons (Fsp3) is 0.432. The van der Waals surface area contributed by atoms with Gasteiger partial charge in [0.05, 0.1) is 6.61 Å². The number of carbonyl (C=O) groups is 1. The van der Waals surface area contributed by atoms with Gasteiger partial charge in [-0.25, -0.2) is 0 Å². The molecule has 0 aromatic heterocycles. The molecule has 0 aliphatic rings. The van der Waals surface area contributed by atoms with Crippen LogP contribution in [0.25, 0.3) is 0 Å². The molecule has 46 heavy (non-hydrogen) atoms. The van der Waals surface area contributed by atoms with Crippen LogP contribution in [0, 0.1) is 0 Å². The first-order valence-electron chi connectivity index (χ1n) is 17.8. The summed E-state index contributed by atoms with van der Waals surface area (Å²) in [5.41, 5.74) is 0. The Bertz CT molecular complexity index is 1030. The highest BCUT2D eigenvalue weighted by Crippen LogP contribution is 2.01. The van der Waals surface area contributed by atoms with Gasteiger partial charge in [0.1, 0.15) is 0 Å². The Labute approximate surface area is 283 Å². The van der Waals surface area contributed by atoms with Gasteiger partial charge in [0.25, 0.3) is 0 Å². The molecule has 0 saturated heterocycles. The second kappa shape index (κ2) is 39.4. The molecule has 0 radical (unpaired) electrons. The molecular weight excluding hydrogens is 560 g/mol. The molecule has 0 amide bonds. The number of hydrogen-bond donors (Lipinski definition) is 0. The minimum atomic E-state index is -0.109. The van der Waals surface area contributed by atoms with Gasteiger partial charge < -0.3 is 4.74 Å². The lowest BCUT2D eigenvalue weighted by atomic mass is 10.2. The molecule has 0 aromatic rings. The summed E-state index contributed by atoms with van der Waals surface area (Å²) in [4.78, 5) is 11.9. The minimum Gasteiger partial charge on any atom is -0.466 e. The van der Waals surface area contributed by atoms with Crippen molar-refractivity contribution in [2.75, 3.05) is 6.61 Å². The number of rotatable bonds is 29. The van der Waals surface area contributed by atoms with Crippen molar-refractivity contribution < 1.29 is 9.53 Å². The van der Waals surface area contributed by atoms with Gasteiger partial charge in [-0.2, -0.15) is 0 Å². The van der Waals surface area contributed by atoms with Crippen LogP contribution in [0.5, 0.6) is 0 Å². The minimum absolute atomic E-state index is 0.109. The fourth-order valence-corrected chi connectivity index (χ4v) is 3.94. The van der Waals surface area contributed by atoms with Gasteiger partial charge in [-0.15, -0.1) is 0 Å². The van der Waals surface area contributed by atoms with Gasteiger partial charge in [-0.3, -0.25) is 4.79 Å². The van der Waals surface area contributed by atoms with Crippen LogP contribution in [0.1, 0.15) is 117 Å². The van der Waals surface area contributed by atoms with E-state index in [1.807, 2.05) is 0 Å². The Kier molecular flexibility index (Phi) is 36.2. The molecule has 0 bridgehead atoms. The summed E-state index contributed by atoms with van der Waals surface area (Å²) in [6.45, 7) is 4.81. The van der Waals surface area contributed by atoms with Gasteiger partial charge in [0.2, 0.25) is 0 Å². The van der Waals surface area contributed by atoms with E-state index in [0.717, 1.165) is 96.3 Å². The second-order valence-corrected chi connectivity index (χ2v) is 10.7. The van der Waals surface area contributed by atoms with Gasteiger partial charge in [-0.05, 0) is 96.3 Å². The van der Waals surface area contributed by atoms with Gasteiger partial charge >= 0.3 is 5.97 Å². The maximum Gasteiger partial charge on any atom is 0.306 e. The zero-order valence-corrected chi connectivity index (χ0v) is 29.2. The average Bonchev–Trinajstić information content (AvgIpc) is 3.06. The van der Waals surface area contributed by atoms with E-state index in [1.165, 1.54) is 0 Å². The summed E-state index contributed by atoms with van der Waals surface area (Å²) in [6, 6.07) is 0. The van der Waals surface area contributed by atoms with Crippen LogP contribution in [-0.2, 0) is 9.53 Å². The van der Waals surface area contributed by atoms with Crippen LogP contribution in [0.2, 0.25) is 0 Å². The zero-order chi connectivity index (χ0) is 33.3. The molecule has 2 heteroatoms. The van der Waals surface area contributed by atoms with Gasteiger partial charge in [-0.1, -0.05) is 160 Å². The number of hydrogen-bond acceptors (Lipinski definition) is 2. The van der Waals surface area contributed by atoms with E-state index in [4.69, 9.17) is 4.74 Å². The number of unbranched alkanes of at least 4 members (excludes halogenated alkanes) is 1. The highest BCUT2D eigenvalue weighted by Gasteiger charge is 1.99. The maximum absolute atomic E-state index is 11.9. The Morgan fingerprint density at radius 2 is 0.630 bits per heavy atom. The van der Waals surface area contributed by atoms with Crippen molar-refractivity contribution in [3.8, 4) is 0 Å². The summed E-state index contributed by atoms with van der Waals surface area (Å²) in [5, 5.41) is 0. The topological polar surface area (TPSA) is 26.3 Å². The van der Waals surface area contributed by atoms with Crippen LogP contribution in [0.3, 0.4) is 0 Å². The van der Waals surface area contributed by atoms with Crippen molar-refractivity contribution in [3.05, 3.63) is 146 Å². The molecule has 0 aliphatic carbocycles. The number of carbonyl (C=O) groups excluding carboxylic acids is 1. The molecule has 0 unspecified atom stereocenters. The highest BCUT2D eigenvalue weighted by atomic mass is 16.5. The molecule has 0 fully saturated rings. The van der Waals surface area contributed by atoms with E-state index in [9.17, 15) is 4.79 Å². The molecule has 252 valence electrons. The molecular formula is C44H64O2. The zero-order valence-electron chi connectivity index (χ0n) is 29.2. The van der Waals surface area contributed by atoms with Crippen molar-refractivity contribution in [1.29, 1.82) is 0 Å². The first-order valence-corrected chi connectivity index (χ1v) is 17.8. The molecule has 0 N–H and O–H groups in total. The van der Waals surface area contributed by atoms with E-state index in [1.54, 1.807) is 0 Å². The maximum atomic E-state index is 11.9. The third kappa shape index (κ3) is 38.4. The lowest BCUT2D eigenvalue weighted by molar-refractivity contribution is -0.143. The van der Waals surface area contributed by atoms with Gasteiger partial charge in [0, 0.05) is 6.42 Å². The monoisotopic (exact) mass is 624 g/mol. The van der Waals surface area contributed by atoms with E-state index < -0.39 is 0 Å². The van der Waals surface area contributed by atoms with Crippen molar-refractivity contribution >= 4 is 5.97 Å². The van der Waals surface area contributed by atoms with Crippen LogP contribution in [0.4, 0.5) is 0 Å². The third-order valence-corrected chi connectivity index (χ3v) is 6.49. The highest BCUT2D eigenvalue weighted by molar-refractivity contribution is 5.69. The van der Waals surface area contributed by atoms with Crippen molar-refractivity contribution in [1.82, 2.24) is 0 Å². The predicted octanol–water partition coefficient (Wildman–Crippen LogP) is 13.5. The van der Waals surface area contributed by atoms with E-state index in [0.29, 0.717) is 13.0 Å². The van der Waals surface area contributed by atoms with Crippen LogP contribution < -0.4 is 0 Å². The Morgan fingerprint density at radius 3 is 0.935 bits per heavy atom. The van der Waals surface area contributed by atoms with Crippen molar-refractivity contribution in [2.45, 2.75) is 117 Å². The van der Waals surface area contributed by atoms with Gasteiger partial charge in [0.15, 0.2) is 0 Å². The smallest absolute Gasteiger partial charge is 0.306 e. The Hall–Kier alpha value is -3.65. The lowest BCUT2D eigenvalue weighted by Gasteiger charge is -2.02. The first kappa shape index (κ1) is 42.3. The quantitative estimate of drug-likeness (QED) is 0.0470. The average molecular weight is 625 g/mol. The molecule has 0 aromatic carbocycles. The number of allylic oxidation sites excluding steroid dienone is 24. The molecule has 2 nitrogen and oxygen atoms in total. The summed E-state index contributed by atoms with van der Waals surface area (Å²) >= 11 is 0. The Morgan fingerprint density at radius 1 is 0.370 bits per heavy atom. The van der Waals surface area contributed by atoms with E-state index >= 15 is 0 Å². The summed E-state index contributed by atoms with van der Waals surface area (Å²) in [6.07, 6.45) is 67.7. The van der Waals surface area contributed by atoms with Crippen LogP contribution in [-0.4, -0.2) is 12.6 Å². The first-order chi connectivity index (χ1) is 22.8. The predicted molar refractivity (Wildman–Crippen MR) is 206 cm³/mol. The molecule has 0 aliphatic heterocycles. The SMILES string of the molecule is CC/C=C/C/C=C/C/C=C/C/C=C/C/C=C/C/C=C/CCCOC(=O)CC/C=C/C/C=C/C/C=C/C/C=C/C/C=C/C/C=C/CC. The van der Waals surface area contributed by atoms with E-state index in [2.05, 4.69) is 160 Å². The molecule has 0 spiro atoms. The van der Waals surface area contributed by atoms with Crippen molar-refractivity contribution in [3.63, 3.8) is 0 Å². The standard InChI is InChI=1S/C44H64O2/c1-3-5-7-9-11-13-15-17-19-21-23-25-27-29-31-33-35-37-39-41-43-46-44(45)42-40-38-36-34-32-30-28-26-24-22-20-18-16-14-12-10-8-6-4-2/h5-8,11-14,17-20,23-26,29-32,35-38H,3-4,9-10,15-16,21-22,27-28,33-34,39-43H2,1-2H3/b7-5+,8-6+,13-11+,14-12+,19-17+,20-18+,25-23+,26-24+,31-29+,32-30+,37-35+,38-36+. The van der Waals surface area contributed by atoms with Crippen LogP contribution in [0.15, 0.2) is 146 Å². The normalized spacial score (nSPS) is 13.5. The number of esters is 1.